The predicted octanol–water partition coefficient (Wildman–Crippen LogP) is 2.56. The summed E-state index contributed by atoms with van der Waals surface area (Å²) in [7, 11) is -3.43. The van der Waals surface area contributed by atoms with Crippen molar-refractivity contribution in [2.45, 2.75) is 56.4 Å². The molecule has 6 nitrogen and oxygen atoms in total. The summed E-state index contributed by atoms with van der Waals surface area (Å²) in [6, 6.07) is 8.83. The van der Waals surface area contributed by atoms with Gasteiger partial charge in [-0.15, -0.1) is 0 Å². The highest BCUT2D eigenvalue weighted by Gasteiger charge is 2.41. The first-order valence-corrected chi connectivity index (χ1v) is 10.7. The van der Waals surface area contributed by atoms with Crippen molar-refractivity contribution in [2.24, 2.45) is 5.41 Å². The second kappa shape index (κ2) is 7.77. The molecule has 3 rings (SSSR count). The zero-order valence-corrected chi connectivity index (χ0v) is 15.7. The summed E-state index contributed by atoms with van der Waals surface area (Å²) in [4.78, 5) is 12.7. The molecule has 0 radical (unpaired) electrons. The summed E-state index contributed by atoms with van der Waals surface area (Å²) < 4.78 is 26.8. The van der Waals surface area contributed by atoms with Crippen molar-refractivity contribution in [1.29, 1.82) is 5.26 Å². The fraction of sp³-hybridized carbons (Fsp3) is 0.579. The van der Waals surface area contributed by atoms with Crippen LogP contribution in [0.1, 0.15) is 50.5 Å². The molecule has 140 valence electrons. The van der Waals surface area contributed by atoms with Gasteiger partial charge in [0.25, 0.3) is 0 Å². The third-order valence-electron chi connectivity index (χ3n) is 5.43. The Kier molecular flexibility index (Phi) is 5.64. The van der Waals surface area contributed by atoms with Crippen LogP contribution in [0.3, 0.4) is 0 Å². The number of benzene rings is 1. The standard InChI is InChI=1S/C19H25N3O3S/c20-15-19(10-2-3-11-19)18(23)21-14-16-6-8-17(9-7-16)26(24,25)22-12-4-1-5-13-22/h6-9H,1-5,10-14H2,(H,21,23). The molecule has 2 fully saturated rings. The second-order valence-corrected chi connectivity index (χ2v) is 9.13. The number of carbonyl (C=O) groups is 1. The van der Waals surface area contributed by atoms with Gasteiger partial charge in [0.1, 0.15) is 5.41 Å². The van der Waals surface area contributed by atoms with Gasteiger partial charge in [-0.05, 0) is 43.4 Å². The summed E-state index contributed by atoms with van der Waals surface area (Å²) in [6.45, 7) is 1.46. The van der Waals surface area contributed by atoms with E-state index in [0.29, 0.717) is 37.4 Å². The molecule has 1 aliphatic heterocycles. The average molecular weight is 375 g/mol. The number of piperidine rings is 1. The Balaban J connectivity index is 1.63. The van der Waals surface area contributed by atoms with E-state index in [1.807, 2.05) is 0 Å². The lowest BCUT2D eigenvalue weighted by atomic mass is 9.87. The Morgan fingerprint density at radius 2 is 1.69 bits per heavy atom. The molecular formula is C19H25N3O3S. The predicted molar refractivity (Wildman–Crippen MR) is 97.4 cm³/mol. The Bertz CT molecular complexity index is 784. The summed E-state index contributed by atoms with van der Waals surface area (Å²) >= 11 is 0. The molecule has 1 aromatic carbocycles. The van der Waals surface area contributed by atoms with Gasteiger partial charge in [-0.2, -0.15) is 9.57 Å². The van der Waals surface area contributed by atoms with E-state index in [4.69, 9.17) is 0 Å². The van der Waals surface area contributed by atoms with Crippen LogP contribution >= 0.6 is 0 Å². The van der Waals surface area contributed by atoms with Crippen LogP contribution in [0.25, 0.3) is 0 Å². The Labute approximate surface area is 155 Å². The third-order valence-corrected chi connectivity index (χ3v) is 7.35. The molecule has 7 heteroatoms. The van der Waals surface area contributed by atoms with Crippen molar-refractivity contribution >= 4 is 15.9 Å². The van der Waals surface area contributed by atoms with E-state index in [2.05, 4.69) is 11.4 Å². The minimum absolute atomic E-state index is 0.220. The molecule has 0 atom stereocenters. The zero-order chi connectivity index (χ0) is 18.6. The van der Waals surface area contributed by atoms with Crippen LogP contribution in [0.5, 0.6) is 0 Å². The molecule has 0 aromatic heterocycles. The van der Waals surface area contributed by atoms with Crippen LogP contribution in [0.4, 0.5) is 0 Å². The van der Waals surface area contributed by atoms with Gasteiger partial charge in [0.15, 0.2) is 0 Å². The largest absolute Gasteiger partial charge is 0.351 e. The van der Waals surface area contributed by atoms with Crippen molar-refractivity contribution in [2.75, 3.05) is 13.1 Å². The molecule has 0 spiro atoms. The minimum atomic E-state index is -3.43. The molecule has 2 aliphatic rings. The molecule has 1 aliphatic carbocycles. The van der Waals surface area contributed by atoms with Gasteiger partial charge >= 0.3 is 0 Å². The topological polar surface area (TPSA) is 90.3 Å². The van der Waals surface area contributed by atoms with Gasteiger partial charge in [0.05, 0.1) is 11.0 Å². The maximum Gasteiger partial charge on any atom is 0.243 e. The number of amides is 1. The van der Waals surface area contributed by atoms with Crippen LogP contribution in [-0.2, 0) is 21.4 Å². The van der Waals surface area contributed by atoms with E-state index >= 15 is 0 Å². The highest BCUT2D eigenvalue weighted by molar-refractivity contribution is 7.89. The fourth-order valence-electron chi connectivity index (χ4n) is 3.75. The van der Waals surface area contributed by atoms with Crippen molar-refractivity contribution in [3.8, 4) is 6.07 Å². The fourth-order valence-corrected chi connectivity index (χ4v) is 5.27. The van der Waals surface area contributed by atoms with Gasteiger partial charge in [-0.3, -0.25) is 4.79 Å². The van der Waals surface area contributed by atoms with E-state index in [0.717, 1.165) is 37.7 Å². The van der Waals surface area contributed by atoms with Gasteiger partial charge in [-0.25, -0.2) is 8.42 Å². The Morgan fingerprint density at radius 3 is 2.27 bits per heavy atom. The molecule has 1 saturated carbocycles. The van der Waals surface area contributed by atoms with Crippen molar-refractivity contribution in [1.82, 2.24) is 9.62 Å². The highest BCUT2D eigenvalue weighted by atomic mass is 32.2. The van der Waals surface area contributed by atoms with Gasteiger partial charge in [0.2, 0.25) is 15.9 Å². The Hall–Kier alpha value is -1.91. The van der Waals surface area contributed by atoms with Gasteiger partial charge < -0.3 is 5.32 Å². The molecule has 0 unspecified atom stereocenters. The van der Waals surface area contributed by atoms with Crippen molar-refractivity contribution in [3.05, 3.63) is 29.8 Å². The lowest BCUT2D eigenvalue weighted by Crippen LogP contribution is -2.37. The summed E-state index contributed by atoms with van der Waals surface area (Å²) in [5.41, 5.74) is -0.0700. The minimum Gasteiger partial charge on any atom is -0.351 e. The SMILES string of the molecule is N#CC1(C(=O)NCc2ccc(S(=O)(=O)N3CCCCC3)cc2)CCCC1. The first kappa shape index (κ1) is 18.9. The van der Waals surface area contributed by atoms with Crippen LogP contribution in [0, 0.1) is 16.7 Å². The van der Waals surface area contributed by atoms with Crippen LogP contribution < -0.4 is 5.32 Å². The van der Waals surface area contributed by atoms with E-state index < -0.39 is 15.4 Å². The first-order valence-electron chi connectivity index (χ1n) is 9.27. The molecule has 1 saturated heterocycles. The molecule has 0 bridgehead atoms. The van der Waals surface area contributed by atoms with Crippen molar-refractivity contribution in [3.63, 3.8) is 0 Å². The number of sulfonamides is 1. The average Bonchev–Trinajstić information content (AvgIpc) is 3.17. The molecule has 1 amide bonds. The number of nitriles is 1. The normalized spacial score (nSPS) is 20.4. The van der Waals surface area contributed by atoms with E-state index in [1.54, 1.807) is 28.6 Å². The van der Waals surface area contributed by atoms with Crippen LogP contribution in [0.2, 0.25) is 0 Å². The molecule has 1 heterocycles. The third kappa shape index (κ3) is 3.76. The monoisotopic (exact) mass is 375 g/mol. The number of hydrogen-bond acceptors (Lipinski definition) is 4. The Morgan fingerprint density at radius 1 is 1.08 bits per heavy atom. The maximum atomic E-state index is 12.6. The molecule has 1 N–H and O–H groups in total. The van der Waals surface area contributed by atoms with Crippen molar-refractivity contribution < 1.29 is 13.2 Å². The number of carbonyl (C=O) groups excluding carboxylic acids is 1. The summed E-state index contributed by atoms with van der Waals surface area (Å²) in [5, 5.41) is 12.2. The lowest BCUT2D eigenvalue weighted by Gasteiger charge is -2.26. The maximum absolute atomic E-state index is 12.6. The smallest absolute Gasteiger partial charge is 0.243 e. The molecule has 26 heavy (non-hydrogen) atoms. The van der Waals surface area contributed by atoms with Crippen LogP contribution in [0.15, 0.2) is 29.2 Å². The quantitative estimate of drug-likeness (QED) is 0.856. The zero-order valence-electron chi connectivity index (χ0n) is 14.9. The van der Waals surface area contributed by atoms with E-state index in [1.165, 1.54) is 0 Å². The molecule has 1 aromatic rings. The molecular weight excluding hydrogens is 350 g/mol. The van der Waals surface area contributed by atoms with Gasteiger partial charge in [-0.1, -0.05) is 31.4 Å². The number of nitrogens with one attached hydrogen (secondary N) is 1. The number of nitrogens with zero attached hydrogens (tertiary/aromatic N) is 2. The summed E-state index contributed by atoms with van der Waals surface area (Å²) in [6.07, 6.45) is 5.93. The highest BCUT2D eigenvalue weighted by Crippen LogP contribution is 2.37. The lowest BCUT2D eigenvalue weighted by molar-refractivity contribution is -0.128. The number of rotatable bonds is 5. The van der Waals surface area contributed by atoms with E-state index in [9.17, 15) is 18.5 Å². The number of hydrogen-bond donors (Lipinski definition) is 1. The summed E-state index contributed by atoms with van der Waals surface area (Å²) in [5.74, 6) is -0.220. The first-order chi connectivity index (χ1) is 12.5. The van der Waals surface area contributed by atoms with E-state index in [-0.39, 0.29) is 5.91 Å². The second-order valence-electron chi connectivity index (χ2n) is 7.19. The van der Waals surface area contributed by atoms with Gasteiger partial charge in [0, 0.05) is 19.6 Å². The van der Waals surface area contributed by atoms with Crippen LogP contribution in [-0.4, -0.2) is 31.7 Å².